The summed E-state index contributed by atoms with van der Waals surface area (Å²) in [6.45, 7) is 6.63. The predicted octanol–water partition coefficient (Wildman–Crippen LogP) is 3.55. The number of hydrogen-bond donors (Lipinski definition) is 0. The van der Waals surface area contributed by atoms with Crippen molar-refractivity contribution in [3.63, 3.8) is 0 Å². The van der Waals surface area contributed by atoms with Gasteiger partial charge in [0.2, 0.25) is 0 Å². The number of aryl methyl sites for hydroxylation is 1. The van der Waals surface area contributed by atoms with Gasteiger partial charge in [-0.05, 0) is 57.5 Å². The summed E-state index contributed by atoms with van der Waals surface area (Å²) >= 11 is 0. The van der Waals surface area contributed by atoms with E-state index in [2.05, 4.69) is 0 Å². The van der Waals surface area contributed by atoms with E-state index in [1.165, 1.54) is 18.2 Å². The van der Waals surface area contributed by atoms with Crippen molar-refractivity contribution in [2.75, 3.05) is 4.90 Å². The number of hydrogen-bond acceptors (Lipinski definition) is 6. The Bertz CT molecular complexity index is 1130. The molecular weight excluding hydrogens is 419 g/mol. The normalized spacial score (nSPS) is 17.3. The van der Waals surface area contributed by atoms with E-state index in [-0.39, 0.29) is 28.8 Å². The van der Waals surface area contributed by atoms with Gasteiger partial charge in [0, 0.05) is 12.0 Å². The van der Waals surface area contributed by atoms with Crippen LogP contribution in [0.25, 0.3) is 0 Å². The van der Waals surface area contributed by atoms with E-state index >= 15 is 0 Å². The summed E-state index contributed by atoms with van der Waals surface area (Å²) in [5.74, 6) is -3.22. The van der Waals surface area contributed by atoms with Crippen molar-refractivity contribution < 1.29 is 33.1 Å². The van der Waals surface area contributed by atoms with Gasteiger partial charge in [-0.25, -0.2) is 14.0 Å². The predicted molar refractivity (Wildman–Crippen MR) is 110 cm³/mol. The van der Waals surface area contributed by atoms with Gasteiger partial charge >= 0.3 is 12.1 Å². The van der Waals surface area contributed by atoms with E-state index < -0.39 is 41.3 Å². The van der Waals surface area contributed by atoms with Crippen molar-refractivity contribution in [1.82, 2.24) is 5.06 Å². The molecule has 0 aromatic heterocycles. The highest BCUT2D eigenvalue weighted by Crippen LogP contribution is 2.37. The average molecular weight is 440 g/mol. The maximum absolute atomic E-state index is 14.6. The quantitative estimate of drug-likeness (QED) is 0.663. The van der Waals surface area contributed by atoms with Crippen LogP contribution in [-0.2, 0) is 20.8 Å². The lowest BCUT2D eigenvalue weighted by Crippen LogP contribution is -2.48. The Hall–Kier alpha value is -3.75. The molecule has 166 valence electrons. The van der Waals surface area contributed by atoms with Gasteiger partial charge in [0.1, 0.15) is 17.5 Å². The van der Waals surface area contributed by atoms with Crippen LogP contribution in [0.2, 0.25) is 0 Å². The topological polar surface area (TPSA) is 93.2 Å². The average Bonchev–Trinajstić information content (AvgIpc) is 3.19. The van der Waals surface area contributed by atoms with Gasteiger partial charge in [0.05, 0.1) is 16.8 Å². The molecule has 4 rings (SSSR count). The molecule has 2 aliphatic rings. The van der Waals surface area contributed by atoms with E-state index in [1.807, 2.05) is 0 Å². The fourth-order valence-corrected chi connectivity index (χ4v) is 3.75. The number of rotatable bonds is 2. The fourth-order valence-electron chi connectivity index (χ4n) is 3.75. The summed E-state index contributed by atoms with van der Waals surface area (Å²) in [6, 6.07) is 7.60. The van der Waals surface area contributed by atoms with Crippen molar-refractivity contribution in [3.05, 3.63) is 64.5 Å². The number of amides is 3. The smallest absolute Gasteiger partial charge is 0.415 e. The molecule has 2 heterocycles. The minimum Gasteiger partial charge on any atom is -0.443 e. The number of ether oxygens (including phenoxy) is 1. The summed E-state index contributed by atoms with van der Waals surface area (Å²) in [7, 11) is 0. The number of halogens is 1. The van der Waals surface area contributed by atoms with E-state index in [0.29, 0.717) is 10.6 Å². The Morgan fingerprint density at radius 1 is 1.06 bits per heavy atom. The van der Waals surface area contributed by atoms with Crippen molar-refractivity contribution >= 4 is 29.6 Å². The molecule has 2 aliphatic heterocycles. The van der Waals surface area contributed by atoms with E-state index in [0.717, 1.165) is 4.90 Å². The highest BCUT2D eigenvalue weighted by atomic mass is 19.1. The first-order valence-corrected chi connectivity index (χ1v) is 9.99. The second-order valence-electron chi connectivity index (χ2n) is 8.68. The molecule has 0 spiro atoms. The van der Waals surface area contributed by atoms with E-state index in [9.17, 15) is 23.6 Å². The third-order valence-electron chi connectivity index (χ3n) is 5.09. The number of fused-ring (bicyclic) bond motifs is 2. The van der Waals surface area contributed by atoms with E-state index in [4.69, 9.17) is 9.57 Å². The third kappa shape index (κ3) is 3.59. The van der Waals surface area contributed by atoms with Crippen LogP contribution < -0.4 is 4.90 Å². The van der Waals surface area contributed by atoms with Crippen molar-refractivity contribution in [2.45, 2.75) is 45.8 Å². The molecule has 0 radical (unpaired) electrons. The van der Waals surface area contributed by atoms with Crippen LogP contribution in [0.15, 0.2) is 36.4 Å². The van der Waals surface area contributed by atoms with Gasteiger partial charge in [-0.2, -0.15) is 0 Å². The van der Waals surface area contributed by atoms with Crippen molar-refractivity contribution in [2.24, 2.45) is 0 Å². The summed E-state index contributed by atoms with van der Waals surface area (Å²) in [5, 5.41) is 0.366. The van der Waals surface area contributed by atoms with Gasteiger partial charge in [-0.15, -0.1) is 0 Å². The minimum absolute atomic E-state index is 0.102. The number of benzene rings is 2. The van der Waals surface area contributed by atoms with Crippen LogP contribution in [0, 0.1) is 12.7 Å². The van der Waals surface area contributed by atoms with E-state index in [1.54, 1.807) is 45.9 Å². The molecular formula is C23H21FN2O6. The lowest BCUT2D eigenvalue weighted by Gasteiger charge is -2.28. The molecule has 0 aliphatic carbocycles. The Kier molecular flexibility index (Phi) is 4.99. The maximum Gasteiger partial charge on any atom is 0.415 e. The second-order valence-corrected chi connectivity index (χ2v) is 8.68. The molecule has 0 saturated heterocycles. The monoisotopic (exact) mass is 440 g/mol. The van der Waals surface area contributed by atoms with Crippen LogP contribution in [0.4, 0.5) is 14.9 Å². The summed E-state index contributed by atoms with van der Waals surface area (Å²) in [4.78, 5) is 57.2. The molecule has 0 saturated carbocycles. The highest BCUT2D eigenvalue weighted by Gasteiger charge is 2.46. The minimum atomic E-state index is -1.32. The second kappa shape index (κ2) is 7.44. The highest BCUT2D eigenvalue weighted by molar-refractivity contribution is 6.21. The zero-order chi connectivity index (χ0) is 23.4. The lowest BCUT2D eigenvalue weighted by molar-refractivity contribution is -0.170. The molecule has 0 bridgehead atoms. The standard InChI is InChI=1S/C23H21FN2O6/c1-12-9-16(24)15-11-18(25(17(15)10-12)22(30)31-23(2,3)4)21(29)32-26-19(27)13-7-5-6-8-14(13)20(26)28/h5-10,18H,11H2,1-4H3. The van der Waals surface area contributed by atoms with Gasteiger partial charge in [0.15, 0.2) is 0 Å². The van der Waals surface area contributed by atoms with Gasteiger partial charge < -0.3 is 9.57 Å². The molecule has 2 aromatic rings. The molecule has 1 atom stereocenters. The SMILES string of the molecule is Cc1cc(F)c2c(c1)N(C(=O)OC(C)(C)C)C(C(=O)ON1C(=O)c3ccccc3C1=O)C2. The maximum atomic E-state index is 14.6. The molecule has 3 amide bonds. The van der Waals surface area contributed by atoms with Crippen molar-refractivity contribution in [3.8, 4) is 0 Å². The number of nitrogens with zero attached hydrogens (tertiary/aromatic N) is 2. The Labute approximate surface area is 183 Å². The first-order valence-electron chi connectivity index (χ1n) is 9.99. The fraction of sp³-hybridized carbons (Fsp3) is 0.304. The molecule has 2 aromatic carbocycles. The number of imide groups is 1. The Balaban J connectivity index is 1.65. The van der Waals surface area contributed by atoms with Crippen LogP contribution in [0.5, 0.6) is 0 Å². The van der Waals surface area contributed by atoms with Crippen LogP contribution in [0.3, 0.4) is 0 Å². The molecule has 9 heteroatoms. The van der Waals surface area contributed by atoms with Crippen LogP contribution in [-0.4, -0.2) is 40.6 Å². The van der Waals surface area contributed by atoms with Crippen molar-refractivity contribution in [1.29, 1.82) is 0 Å². The summed E-state index contributed by atoms with van der Waals surface area (Å²) < 4.78 is 20.0. The lowest BCUT2D eigenvalue weighted by atomic mass is 10.1. The molecule has 0 N–H and O–H groups in total. The van der Waals surface area contributed by atoms with Crippen LogP contribution >= 0.6 is 0 Å². The molecule has 1 unspecified atom stereocenters. The first kappa shape index (κ1) is 21.5. The van der Waals surface area contributed by atoms with Gasteiger partial charge in [-0.1, -0.05) is 17.2 Å². The Morgan fingerprint density at radius 3 is 2.22 bits per heavy atom. The zero-order valence-electron chi connectivity index (χ0n) is 18.0. The summed E-state index contributed by atoms with van der Waals surface area (Å²) in [5.41, 5.74) is 0.200. The van der Waals surface area contributed by atoms with Gasteiger partial charge in [-0.3, -0.25) is 14.5 Å². The number of hydroxylamine groups is 2. The number of carbonyl (C=O) groups excluding carboxylic acids is 4. The van der Waals surface area contributed by atoms with Gasteiger partial charge in [0.25, 0.3) is 11.8 Å². The zero-order valence-corrected chi connectivity index (χ0v) is 18.0. The number of carbonyl (C=O) groups is 4. The summed E-state index contributed by atoms with van der Waals surface area (Å²) in [6.07, 6.45) is -1.06. The first-order chi connectivity index (χ1) is 15.0. The molecule has 8 nitrogen and oxygen atoms in total. The molecule has 0 fully saturated rings. The van der Waals surface area contributed by atoms with Crippen LogP contribution in [0.1, 0.15) is 52.6 Å². The third-order valence-corrected chi connectivity index (χ3v) is 5.09. The largest absolute Gasteiger partial charge is 0.443 e. The Morgan fingerprint density at radius 2 is 1.66 bits per heavy atom. The molecule has 32 heavy (non-hydrogen) atoms. The number of anilines is 1.